The molecule has 1 aliphatic heterocycles. The molecular formula is C13H12BrNO2S. The molecule has 0 saturated carbocycles. The summed E-state index contributed by atoms with van der Waals surface area (Å²) in [5, 5.41) is 13.1. The van der Waals surface area contributed by atoms with Crippen molar-refractivity contribution in [2.24, 2.45) is 0 Å². The van der Waals surface area contributed by atoms with Crippen LogP contribution in [0.4, 0.5) is 0 Å². The van der Waals surface area contributed by atoms with E-state index in [-0.39, 0.29) is 6.10 Å². The van der Waals surface area contributed by atoms with Crippen molar-refractivity contribution in [1.82, 2.24) is 4.98 Å². The Balaban J connectivity index is 1.95. The Morgan fingerprint density at radius 1 is 1.50 bits per heavy atom. The molecule has 0 bridgehead atoms. The van der Waals surface area contributed by atoms with E-state index in [1.165, 1.54) is 0 Å². The largest absolute Gasteiger partial charge is 0.483 e. The molecule has 1 N–H and O–H groups in total. The molecule has 5 heteroatoms. The van der Waals surface area contributed by atoms with Crippen molar-refractivity contribution in [3.8, 4) is 5.75 Å². The lowest BCUT2D eigenvalue weighted by molar-refractivity contribution is 0.0655. The number of ether oxygens (including phenoxy) is 1. The van der Waals surface area contributed by atoms with Gasteiger partial charge >= 0.3 is 0 Å². The van der Waals surface area contributed by atoms with Crippen molar-refractivity contribution in [2.45, 2.75) is 25.6 Å². The van der Waals surface area contributed by atoms with Gasteiger partial charge in [-0.15, -0.1) is 11.3 Å². The first-order valence-corrected chi connectivity index (χ1v) is 7.37. The monoisotopic (exact) mass is 325 g/mol. The van der Waals surface area contributed by atoms with Gasteiger partial charge in [0.2, 0.25) is 0 Å². The molecule has 2 aromatic rings. The summed E-state index contributed by atoms with van der Waals surface area (Å²) < 4.78 is 6.89. The van der Waals surface area contributed by atoms with Gasteiger partial charge in [0.25, 0.3) is 0 Å². The van der Waals surface area contributed by atoms with E-state index in [1.54, 1.807) is 11.3 Å². The molecule has 1 aromatic carbocycles. The molecule has 1 aromatic heterocycles. The lowest BCUT2D eigenvalue weighted by atomic mass is 9.99. The van der Waals surface area contributed by atoms with Crippen molar-refractivity contribution in [1.29, 1.82) is 0 Å². The Bertz CT molecular complexity index is 584. The van der Waals surface area contributed by atoms with E-state index in [4.69, 9.17) is 4.74 Å². The van der Waals surface area contributed by atoms with Crippen LogP contribution in [0.25, 0.3) is 0 Å². The summed E-state index contributed by atoms with van der Waals surface area (Å²) in [5.74, 6) is 0.737. The van der Waals surface area contributed by atoms with Crippen LogP contribution in [0.2, 0.25) is 0 Å². The fourth-order valence-corrected chi connectivity index (χ4v) is 3.26. The van der Waals surface area contributed by atoms with Gasteiger partial charge in [-0.1, -0.05) is 22.0 Å². The minimum Gasteiger partial charge on any atom is -0.483 e. The Hall–Kier alpha value is -0.910. The van der Waals surface area contributed by atoms with E-state index in [9.17, 15) is 5.11 Å². The molecule has 94 valence electrons. The molecule has 1 unspecified atom stereocenters. The zero-order valence-electron chi connectivity index (χ0n) is 9.76. The minimum atomic E-state index is -0.490. The van der Waals surface area contributed by atoms with Crippen LogP contribution in [0.1, 0.15) is 34.9 Å². The Morgan fingerprint density at radius 3 is 3.06 bits per heavy atom. The highest BCUT2D eigenvalue weighted by Gasteiger charge is 2.29. The van der Waals surface area contributed by atoms with E-state index in [2.05, 4.69) is 20.9 Å². The van der Waals surface area contributed by atoms with Crippen molar-refractivity contribution in [3.63, 3.8) is 0 Å². The van der Waals surface area contributed by atoms with Crippen molar-refractivity contribution < 1.29 is 9.84 Å². The summed E-state index contributed by atoms with van der Waals surface area (Å²) in [6.07, 6.45) is -0.0849. The van der Waals surface area contributed by atoms with Gasteiger partial charge in [0.05, 0.1) is 6.10 Å². The number of aryl methyl sites for hydroxylation is 1. The number of fused-ring (bicyclic) bond motifs is 1. The van der Waals surface area contributed by atoms with Gasteiger partial charge in [-0.2, -0.15) is 0 Å². The fraction of sp³-hybridized carbons (Fsp3) is 0.308. The van der Waals surface area contributed by atoms with Crippen LogP contribution in [0.5, 0.6) is 5.75 Å². The summed E-state index contributed by atoms with van der Waals surface area (Å²) in [5.41, 5.74) is 1.84. The zero-order chi connectivity index (χ0) is 12.7. The van der Waals surface area contributed by atoms with Gasteiger partial charge in [0.15, 0.2) is 6.10 Å². The number of rotatable bonds is 1. The molecule has 0 saturated heterocycles. The first-order chi connectivity index (χ1) is 8.63. The second-order valence-corrected chi connectivity index (χ2v) is 6.17. The first-order valence-electron chi connectivity index (χ1n) is 5.69. The molecule has 0 fully saturated rings. The normalized spacial score (nSPS) is 22.4. The number of halogens is 1. The van der Waals surface area contributed by atoms with Crippen LogP contribution < -0.4 is 4.74 Å². The molecule has 1 aliphatic rings. The molecule has 2 atom stereocenters. The van der Waals surface area contributed by atoms with E-state index in [0.29, 0.717) is 6.42 Å². The second-order valence-electron chi connectivity index (χ2n) is 4.37. The van der Waals surface area contributed by atoms with Gasteiger partial charge in [-0.25, -0.2) is 4.98 Å². The molecule has 2 heterocycles. The molecule has 3 rings (SSSR count). The fourth-order valence-electron chi connectivity index (χ4n) is 2.09. The van der Waals surface area contributed by atoms with Crippen molar-refractivity contribution >= 4 is 27.3 Å². The van der Waals surface area contributed by atoms with Crippen molar-refractivity contribution in [2.75, 3.05) is 0 Å². The Labute approximate surface area is 118 Å². The number of aliphatic hydroxyl groups excluding tert-OH is 1. The van der Waals surface area contributed by atoms with Gasteiger partial charge in [-0.3, -0.25) is 0 Å². The summed E-state index contributed by atoms with van der Waals surface area (Å²) in [4.78, 5) is 4.43. The second kappa shape index (κ2) is 4.64. The van der Waals surface area contributed by atoms with E-state index in [1.807, 2.05) is 30.5 Å². The Kier molecular flexibility index (Phi) is 3.13. The third-order valence-electron chi connectivity index (χ3n) is 2.95. The molecule has 18 heavy (non-hydrogen) atoms. The maximum absolute atomic E-state index is 10.2. The number of aromatic nitrogens is 1. The van der Waals surface area contributed by atoms with Crippen LogP contribution in [0.3, 0.4) is 0 Å². The lowest BCUT2D eigenvalue weighted by Crippen LogP contribution is -2.18. The number of thiazole rings is 1. The van der Waals surface area contributed by atoms with Gasteiger partial charge in [-0.05, 0) is 19.1 Å². The summed E-state index contributed by atoms with van der Waals surface area (Å²) >= 11 is 4.99. The molecular weight excluding hydrogens is 314 g/mol. The highest BCUT2D eigenvalue weighted by molar-refractivity contribution is 9.10. The third-order valence-corrected chi connectivity index (χ3v) is 4.50. The standard InChI is InChI=1S/C13H12BrNO2S/c1-7-6-18-13(15-7)12-5-10(16)9-3-2-8(14)4-11(9)17-12/h2-4,6,10,12,16H,5H2,1H3/t10-,12?/m0/s1. The van der Waals surface area contributed by atoms with E-state index >= 15 is 0 Å². The number of hydrogen-bond acceptors (Lipinski definition) is 4. The molecule has 0 spiro atoms. The van der Waals surface area contributed by atoms with Gasteiger partial charge in [0.1, 0.15) is 10.8 Å². The molecule has 0 amide bonds. The van der Waals surface area contributed by atoms with Crippen LogP contribution in [-0.4, -0.2) is 10.1 Å². The predicted molar refractivity (Wildman–Crippen MR) is 73.9 cm³/mol. The number of hydrogen-bond donors (Lipinski definition) is 1. The average molecular weight is 326 g/mol. The minimum absolute atomic E-state index is 0.152. The van der Waals surface area contributed by atoms with Crippen LogP contribution in [-0.2, 0) is 0 Å². The van der Waals surface area contributed by atoms with Gasteiger partial charge in [0, 0.05) is 27.5 Å². The maximum atomic E-state index is 10.2. The number of benzene rings is 1. The highest BCUT2D eigenvalue weighted by Crippen LogP contribution is 2.42. The predicted octanol–water partition coefficient (Wildman–Crippen LogP) is 3.77. The Morgan fingerprint density at radius 2 is 2.33 bits per heavy atom. The summed E-state index contributed by atoms with van der Waals surface area (Å²) in [7, 11) is 0. The first kappa shape index (κ1) is 12.1. The molecule has 0 radical (unpaired) electrons. The summed E-state index contributed by atoms with van der Waals surface area (Å²) in [6.45, 7) is 1.96. The highest BCUT2D eigenvalue weighted by atomic mass is 79.9. The SMILES string of the molecule is Cc1csc(C2C[C@H](O)c3ccc(Br)cc3O2)n1. The zero-order valence-corrected chi connectivity index (χ0v) is 12.2. The molecule has 3 nitrogen and oxygen atoms in total. The van der Waals surface area contributed by atoms with E-state index in [0.717, 1.165) is 26.5 Å². The maximum Gasteiger partial charge on any atom is 0.153 e. The quantitative estimate of drug-likeness (QED) is 0.867. The number of nitrogens with zero attached hydrogens (tertiary/aromatic N) is 1. The molecule has 0 aliphatic carbocycles. The van der Waals surface area contributed by atoms with Crippen molar-refractivity contribution in [3.05, 3.63) is 44.3 Å². The average Bonchev–Trinajstić information content (AvgIpc) is 2.75. The smallest absolute Gasteiger partial charge is 0.153 e. The summed E-state index contributed by atoms with van der Waals surface area (Å²) in [6, 6.07) is 5.71. The topological polar surface area (TPSA) is 42.4 Å². The third kappa shape index (κ3) is 2.18. The van der Waals surface area contributed by atoms with Crippen LogP contribution in [0, 0.1) is 6.92 Å². The van der Waals surface area contributed by atoms with Gasteiger partial charge < -0.3 is 9.84 Å². The lowest BCUT2D eigenvalue weighted by Gasteiger charge is -2.28. The van der Waals surface area contributed by atoms with E-state index < -0.39 is 6.10 Å². The van der Waals surface area contributed by atoms with Crippen LogP contribution >= 0.6 is 27.3 Å². The number of aliphatic hydroxyl groups is 1. The van der Waals surface area contributed by atoms with Crippen LogP contribution in [0.15, 0.2) is 28.1 Å².